The fourth-order valence-electron chi connectivity index (χ4n) is 3.81. The zero-order valence-electron chi connectivity index (χ0n) is 21.7. The molecule has 0 radical (unpaired) electrons. The second kappa shape index (κ2) is 13.8. The molecule has 0 saturated heterocycles. The maximum atomic E-state index is 13.5. The number of aliphatic hydroxyl groups is 1. The number of alkyl carbamates (subject to hydrolysis) is 1. The van der Waals surface area contributed by atoms with E-state index in [9.17, 15) is 18.3 Å². The molecule has 2 aromatic carbocycles. The molecule has 2 atom stereocenters. The molecular weight excluding hydrogens is 508 g/mol. The Morgan fingerprint density at radius 2 is 1.66 bits per heavy atom. The average Bonchev–Trinajstić information content (AvgIpc) is 2.92. The normalized spacial score (nSPS) is 13.2. The standard InChI is InChI=1S/C27H34N4O6S/c1-20(2)16-31(38(34,35)24-11-9-23(36-3)10-12-24)17-26(32)25(13-21-7-5-4-6-8-21)30-27(33)37-18-22-14-28-19-29-15-22/h4-12,14-15,19-20,25-26,32H,13,16-18H2,1-3H3,(H,30,33)/t25-,26+/m0/s1. The molecule has 204 valence electrons. The second-order valence-corrected chi connectivity index (χ2v) is 11.2. The van der Waals surface area contributed by atoms with Gasteiger partial charge >= 0.3 is 6.09 Å². The van der Waals surface area contributed by atoms with E-state index in [1.807, 2.05) is 44.2 Å². The molecule has 0 bridgehead atoms. The van der Waals surface area contributed by atoms with Gasteiger partial charge in [-0.25, -0.2) is 23.2 Å². The molecule has 1 amide bonds. The minimum Gasteiger partial charge on any atom is -0.497 e. The first-order valence-corrected chi connectivity index (χ1v) is 13.7. The maximum Gasteiger partial charge on any atom is 0.407 e. The van der Waals surface area contributed by atoms with Crippen molar-refractivity contribution in [1.82, 2.24) is 19.6 Å². The fourth-order valence-corrected chi connectivity index (χ4v) is 5.43. The van der Waals surface area contributed by atoms with Gasteiger partial charge in [-0.3, -0.25) is 0 Å². The molecule has 0 aliphatic carbocycles. The minimum atomic E-state index is -3.94. The summed E-state index contributed by atoms with van der Waals surface area (Å²) in [4.78, 5) is 20.5. The molecule has 2 N–H and O–H groups in total. The Hall–Kier alpha value is -3.54. The molecular formula is C27H34N4O6S. The number of hydrogen-bond donors (Lipinski definition) is 2. The highest BCUT2D eigenvalue weighted by Gasteiger charge is 2.31. The highest BCUT2D eigenvalue weighted by Crippen LogP contribution is 2.21. The van der Waals surface area contributed by atoms with Crippen LogP contribution in [0.25, 0.3) is 0 Å². The smallest absolute Gasteiger partial charge is 0.407 e. The van der Waals surface area contributed by atoms with Crippen molar-refractivity contribution in [3.63, 3.8) is 0 Å². The molecule has 0 spiro atoms. The van der Waals surface area contributed by atoms with E-state index in [4.69, 9.17) is 9.47 Å². The summed E-state index contributed by atoms with van der Waals surface area (Å²) in [6, 6.07) is 14.6. The fraction of sp³-hybridized carbons (Fsp3) is 0.370. The number of benzene rings is 2. The molecule has 0 saturated carbocycles. The van der Waals surface area contributed by atoms with Gasteiger partial charge in [-0.2, -0.15) is 4.31 Å². The molecule has 3 aromatic rings. The van der Waals surface area contributed by atoms with Crippen LogP contribution in [0.1, 0.15) is 25.0 Å². The number of rotatable bonds is 13. The first kappa shape index (κ1) is 29.0. The third kappa shape index (κ3) is 8.51. The lowest BCUT2D eigenvalue weighted by Gasteiger charge is -2.30. The number of aromatic nitrogens is 2. The van der Waals surface area contributed by atoms with Crippen LogP contribution in [-0.2, 0) is 27.8 Å². The van der Waals surface area contributed by atoms with Gasteiger partial charge in [-0.05, 0) is 42.2 Å². The summed E-state index contributed by atoms with van der Waals surface area (Å²) in [6.07, 6.45) is 2.73. The van der Waals surface area contributed by atoms with Crippen LogP contribution in [0.2, 0.25) is 0 Å². The third-order valence-corrected chi connectivity index (χ3v) is 7.55. The van der Waals surface area contributed by atoms with Crippen LogP contribution in [0.15, 0.2) is 78.2 Å². The number of carbonyl (C=O) groups is 1. The van der Waals surface area contributed by atoms with Gasteiger partial charge < -0.3 is 19.9 Å². The zero-order valence-corrected chi connectivity index (χ0v) is 22.5. The van der Waals surface area contributed by atoms with Crippen molar-refractivity contribution in [2.45, 2.75) is 43.9 Å². The Bertz CT molecular complexity index is 1240. The van der Waals surface area contributed by atoms with E-state index in [-0.39, 0.29) is 36.9 Å². The van der Waals surface area contributed by atoms with Gasteiger partial charge in [-0.15, -0.1) is 0 Å². The Morgan fingerprint density at radius 3 is 2.26 bits per heavy atom. The van der Waals surface area contributed by atoms with Crippen molar-refractivity contribution in [1.29, 1.82) is 0 Å². The molecule has 1 aromatic heterocycles. The van der Waals surface area contributed by atoms with E-state index < -0.39 is 28.3 Å². The van der Waals surface area contributed by atoms with E-state index in [0.717, 1.165) is 5.56 Å². The van der Waals surface area contributed by atoms with E-state index in [1.165, 1.54) is 42.3 Å². The number of ether oxygens (including phenoxy) is 2. The van der Waals surface area contributed by atoms with Crippen molar-refractivity contribution in [2.24, 2.45) is 5.92 Å². The molecule has 0 fully saturated rings. The van der Waals surface area contributed by atoms with Crippen molar-refractivity contribution in [3.05, 3.63) is 84.4 Å². The Labute approximate surface area is 223 Å². The molecule has 0 unspecified atom stereocenters. The summed E-state index contributed by atoms with van der Waals surface area (Å²) in [5.41, 5.74) is 1.47. The summed E-state index contributed by atoms with van der Waals surface area (Å²) in [5.74, 6) is 0.529. The van der Waals surface area contributed by atoms with E-state index in [0.29, 0.717) is 11.3 Å². The quantitative estimate of drug-likeness (QED) is 0.337. The molecule has 0 aliphatic heterocycles. The molecule has 3 rings (SSSR count). The predicted octanol–water partition coefficient (Wildman–Crippen LogP) is 3.03. The lowest BCUT2D eigenvalue weighted by Crippen LogP contribution is -2.51. The number of aliphatic hydroxyl groups excluding tert-OH is 1. The lowest BCUT2D eigenvalue weighted by molar-refractivity contribution is 0.0872. The summed E-state index contributed by atoms with van der Waals surface area (Å²) in [6.45, 7) is 3.70. The van der Waals surface area contributed by atoms with Gasteiger partial charge in [0.1, 0.15) is 18.7 Å². The van der Waals surface area contributed by atoms with Gasteiger partial charge in [0.2, 0.25) is 10.0 Å². The van der Waals surface area contributed by atoms with E-state index in [1.54, 1.807) is 12.1 Å². The average molecular weight is 543 g/mol. The van der Waals surface area contributed by atoms with Gasteiger partial charge in [-0.1, -0.05) is 44.2 Å². The zero-order chi connectivity index (χ0) is 27.5. The summed E-state index contributed by atoms with van der Waals surface area (Å²) >= 11 is 0. The van der Waals surface area contributed by atoms with Crippen LogP contribution in [0.5, 0.6) is 5.75 Å². The number of hydrogen-bond acceptors (Lipinski definition) is 8. The maximum absolute atomic E-state index is 13.5. The van der Waals surface area contributed by atoms with Gasteiger partial charge in [0.15, 0.2) is 0 Å². The van der Waals surface area contributed by atoms with Crippen LogP contribution in [0.4, 0.5) is 4.79 Å². The predicted molar refractivity (Wildman–Crippen MR) is 142 cm³/mol. The van der Waals surface area contributed by atoms with Crippen LogP contribution in [-0.4, -0.2) is 66.2 Å². The van der Waals surface area contributed by atoms with Gasteiger partial charge in [0.25, 0.3) is 0 Å². The topological polar surface area (TPSA) is 131 Å². The summed E-state index contributed by atoms with van der Waals surface area (Å²) in [5, 5.41) is 14.0. The molecule has 11 heteroatoms. The SMILES string of the molecule is COc1ccc(S(=O)(=O)N(CC(C)C)C[C@@H](O)[C@H](Cc2ccccc2)NC(=O)OCc2cncnc2)cc1. The lowest BCUT2D eigenvalue weighted by atomic mass is 10.0. The number of nitrogens with zero attached hydrogens (tertiary/aromatic N) is 3. The van der Waals surface area contributed by atoms with Crippen molar-refractivity contribution in [3.8, 4) is 5.75 Å². The van der Waals surface area contributed by atoms with Crippen LogP contribution in [0, 0.1) is 5.92 Å². The monoisotopic (exact) mass is 542 g/mol. The van der Waals surface area contributed by atoms with Crippen molar-refractivity contribution < 1.29 is 27.8 Å². The summed E-state index contributed by atoms with van der Waals surface area (Å²) < 4.78 is 38.7. The van der Waals surface area contributed by atoms with Crippen LogP contribution in [0.3, 0.4) is 0 Å². The highest BCUT2D eigenvalue weighted by atomic mass is 32.2. The van der Waals surface area contributed by atoms with Crippen LogP contribution >= 0.6 is 0 Å². The Morgan fingerprint density at radius 1 is 1.00 bits per heavy atom. The van der Waals surface area contributed by atoms with Gasteiger partial charge in [0, 0.05) is 31.0 Å². The Kier molecular flexibility index (Phi) is 10.6. The number of amides is 1. The number of methoxy groups -OCH3 is 1. The van der Waals surface area contributed by atoms with Gasteiger partial charge in [0.05, 0.1) is 24.2 Å². The first-order valence-electron chi connectivity index (χ1n) is 12.2. The summed E-state index contributed by atoms with van der Waals surface area (Å²) in [7, 11) is -2.43. The molecule has 38 heavy (non-hydrogen) atoms. The second-order valence-electron chi connectivity index (χ2n) is 9.22. The largest absolute Gasteiger partial charge is 0.497 e. The molecule has 10 nitrogen and oxygen atoms in total. The number of nitrogens with one attached hydrogen (secondary N) is 1. The number of carbonyl (C=O) groups excluding carboxylic acids is 1. The van der Waals surface area contributed by atoms with Crippen molar-refractivity contribution in [2.75, 3.05) is 20.2 Å². The highest BCUT2D eigenvalue weighted by molar-refractivity contribution is 7.89. The Balaban J connectivity index is 1.79. The minimum absolute atomic E-state index is 0.00573. The third-order valence-electron chi connectivity index (χ3n) is 5.71. The number of sulfonamides is 1. The van der Waals surface area contributed by atoms with E-state index in [2.05, 4.69) is 15.3 Å². The van der Waals surface area contributed by atoms with E-state index >= 15 is 0 Å². The molecule has 1 heterocycles. The molecule has 0 aliphatic rings. The first-order chi connectivity index (χ1) is 18.2. The van der Waals surface area contributed by atoms with Crippen LogP contribution < -0.4 is 10.1 Å². The van der Waals surface area contributed by atoms with Crippen molar-refractivity contribution >= 4 is 16.1 Å².